The monoisotopic (exact) mass is 248 g/mol. The molecule has 0 amide bonds. The number of aryl methyl sites for hydroxylation is 2. The van der Waals surface area contributed by atoms with E-state index in [1.165, 1.54) is 5.56 Å². The van der Waals surface area contributed by atoms with Gasteiger partial charge in [-0.15, -0.1) is 0 Å². The first-order valence-corrected chi connectivity index (χ1v) is 6.50. The van der Waals surface area contributed by atoms with Crippen molar-refractivity contribution in [2.45, 2.75) is 25.8 Å². The number of rotatable bonds is 5. The van der Waals surface area contributed by atoms with Gasteiger partial charge in [-0.2, -0.15) is 11.3 Å². The maximum atomic E-state index is 5.59. The van der Waals surface area contributed by atoms with Crippen LogP contribution >= 0.6 is 11.3 Å². The molecule has 0 radical (unpaired) electrons. The van der Waals surface area contributed by atoms with E-state index in [4.69, 9.17) is 5.84 Å². The Morgan fingerprint density at radius 2 is 2.35 bits per heavy atom. The molecular formula is C12H16N4S. The molecule has 90 valence electrons. The zero-order valence-electron chi connectivity index (χ0n) is 9.76. The lowest BCUT2D eigenvalue weighted by Crippen LogP contribution is -2.29. The second kappa shape index (κ2) is 5.86. The van der Waals surface area contributed by atoms with Crippen molar-refractivity contribution >= 4 is 11.3 Å². The fourth-order valence-electron chi connectivity index (χ4n) is 1.73. The van der Waals surface area contributed by atoms with Crippen LogP contribution in [0.25, 0.3) is 0 Å². The van der Waals surface area contributed by atoms with Gasteiger partial charge in [0, 0.05) is 6.20 Å². The maximum Gasteiger partial charge on any atom is 0.125 e. The highest BCUT2D eigenvalue weighted by Gasteiger charge is 2.11. The molecule has 0 saturated carbocycles. The van der Waals surface area contributed by atoms with Crippen molar-refractivity contribution in [3.8, 4) is 0 Å². The summed E-state index contributed by atoms with van der Waals surface area (Å²) in [5, 5.41) is 4.26. The third kappa shape index (κ3) is 3.33. The third-order valence-corrected chi connectivity index (χ3v) is 3.39. The molecule has 1 unspecified atom stereocenters. The molecule has 3 N–H and O–H groups in total. The lowest BCUT2D eigenvalue weighted by molar-refractivity contribution is 0.502. The Labute approximate surface area is 105 Å². The topological polar surface area (TPSA) is 63.8 Å². The minimum atomic E-state index is 0.0802. The summed E-state index contributed by atoms with van der Waals surface area (Å²) in [6.07, 6.45) is 3.71. The molecule has 2 heterocycles. The van der Waals surface area contributed by atoms with Crippen molar-refractivity contribution in [2.24, 2.45) is 5.84 Å². The number of nitrogens with two attached hydrogens (primary N) is 1. The minimum absolute atomic E-state index is 0.0802. The van der Waals surface area contributed by atoms with Gasteiger partial charge in [-0.25, -0.2) is 9.97 Å². The first-order valence-electron chi connectivity index (χ1n) is 5.56. The first-order chi connectivity index (χ1) is 8.29. The minimum Gasteiger partial charge on any atom is -0.271 e. The maximum absolute atomic E-state index is 5.59. The SMILES string of the molecule is Cc1nccc(C(CCc2ccsc2)NN)n1. The molecule has 0 saturated heterocycles. The van der Waals surface area contributed by atoms with E-state index >= 15 is 0 Å². The number of hydrogen-bond acceptors (Lipinski definition) is 5. The largest absolute Gasteiger partial charge is 0.271 e. The van der Waals surface area contributed by atoms with Crippen molar-refractivity contribution in [3.63, 3.8) is 0 Å². The van der Waals surface area contributed by atoms with E-state index in [0.29, 0.717) is 0 Å². The van der Waals surface area contributed by atoms with Crippen LogP contribution in [0, 0.1) is 6.92 Å². The zero-order chi connectivity index (χ0) is 12.1. The molecule has 0 spiro atoms. The van der Waals surface area contributed by atoms with Gasteiger partial charge in [-0.05, 0) is 48.2 Å². The first kappa shape index (κ1) is 12.2. The molecule has 0 aliphatic rings. The molecule has 0 aliphatic carbocycles. The molecule has 0 aliphatic heterocycles. The highest BCUT2D eigenvalue weighted by molar-refractivity contribution is 7.07. The van der Waals surface area contributed by atoms with Gasteiger partial charge < -0.3 is 0 Å². The average Bonchev–Trinajstić information content (AvgIpc) is 2.83. The highest BCUT2D eigenvalue weighted by atomic mass is 32.1. The van der Waals surface area contributed by atoms with E-state index in [1.54, 1.807) is 17.5 Å². The van der Waals surface area contributed by atoms with Crippen LogP contribution in [-0.4, -0.2) is 9.97 Å². The lowest BCUT2D eigenvalue weighted by atomic mass is 10.1. The number of aromatic nitrogens is 2. The normalized spacial score (nSPS) is 12.6. The molecule has 4 nitrogen and oxygen atoms in total. The molecule has 0 fully saturated rings. The summed E-state index contributed by atoms with van der Waals surface area (Å²) >= 11 is 1.72. The molecule has 5 heteroatoms. The van der Waals surface area contributed by atoms with E-state index < -0.39 is 0 Å². The fraction of sp³-hybridized carbons (Fsp3) is 0.333. The Morgan fingerprint density at radius 1 is 1.47 bits per heavy atom. The van der Waals surface area contributed by atoms with Crippen LogP contribution in [0.5, 0.6) is 0 Å². The van der Waals surface area contributed by atoms with Gasteiger partial charge in [-0.3, -0.25) is 11.3 Å². The summed E-state index contributed by atoms with van der Waals surface area (Å²) in [7, 11) is 0. The molecular weight excluding hydrogens is 232 g/mol. The number of thiophene rings is 1. The summed E-state index contributed by atoms with van der Waals surface area (Å²) in [6, 6.07) is 4.13. The van der Waals surface area contributed by atoms with Crippen LogP contribution in [0.4, 0.5) is 0 Å². The Kier molecular flexibility index (Phi) is 4.19. The van der Waals surface area contributed by atoms with E-state index in [2.05, 4.69) is 32.2 Å². The molecule has 1 atom stereocenters. The van der Waals surface area contributed by atoms with E-state index in [0.717, 1.165) is 24.4 Å². The smallest absolute Gasteiger partial charge is 0.125 e. The van der Waals surface area contributed by atoms with E-state index in [9.17, 15) is 0 Å². The van der Waals surface area contributed by atoms with Gasteiger partial charge in [0.1, 0.15) is 5.82 Å². The Morgan fingerprint density at radius 3 is 3.00 bits per heavy atom. The fourth-order valence-corrected chi connectivity index (χ4v) is 2.43. The molecule has 2 aromatic rings. The van der Waals surface area contributed by atoms with Crippen molar-refractivity contribution in [2.75, 3.05) is 0 Å². The Hall–Kier alpha value is -1.30. The highest BCUT2D eigenvalue weighted by Crippen LogP contribution is 2.17. The zero-order valence-corrected chi connectivity index (χ0v) is 10.6. The second-order valence-corrected chi connectivity index (χ2v) is 4.70. The number of hydrogen-bond donors (Lipinski definition) is 2. The van der Waals surface area contributed by atoms with Crippen LogP contribution in [0.3, 0.4) is 0 Å². The second-order valence-electron chi connectivity index (χ2n) is 3.92. The van der Waals surface area contributed by atoms with Crippen molar-refractivity contribution in [3.05, 3.63) is 46.2 Å². The van der Waals surface area contributed by atoms with E-state index in [-0.39, 0.29) is 6.04 Å². The summed E-state index contributed by atoms with van der Waals surface area (Å²) < 4.78 is 0. The molecule has 2 rings (SSSR count). The van der Waals surface area contributed by atoms with Gasteiger partial charge in [0.15, 0.2) is 0 Å². The van der Waals surface area contributed by atoms with Crippen LogP contribution < -0.4 is 11.3 Å². The quantitative estimate of drug-likeness (QED) is 0.627. The van der Waals surface area contributed by atoms with Gasteiger partial charge in [0.2, 0.25) is 0 Å². The average molecular weight is 248 g/mol. The van der Waals surface area contributed by atoms with Gasteiger partial charge in [0.05, 0.1) is 11.7 Å². The van der Waals surface area contributed by atoms with Crippen LogP contribution in [0.1, 0.15) is 29.5 Å². The number of nitrogens with zero attached hydrogens (tertiary/aromatic N) is 2. The van der Waals surface area contributed by atoms with E-state index in [1.807, 2.05) is 13.0 Å². The summed E-state index contributed by atoms with van der Waals surface area (Å²) in [4.78, 5) is 8.48. The van der Waals surface area contributed by atoms with Crippen molar-refractivity contribution < 1.29 is 0 Å². The Bertz CT molecular complexity index is 455. The standard InChI is InChI=1S/C12H16N4S/c1-9-14-6-4-11(15-9)12(16-13)3-2-10-5-7-17-8-10/h4-8,12,16H,2-3,13H2,1H3. The van der Waals surface area contributed by atoms with Crippen LogP contribution in [-0.2, 0) is 6.42 Å². The van der Waals surface area contributed by atoms with Crippen molar-refractivity contribution in [1.29, 1.82) is 0 Å². The number of hydrazine groups is 1. The van der Waals surface area contributed by atoms with Gasteiger partial charge >= 0.3 is 0 Å². The van der Waals surface area contributed by atoms with Gasteiger partial charge in [-0.1, -0.05) is 0 Å². The van der Waals surface area contributed by atoms with Crippen LogP contribution in [0.15, 0.2) is 29.1 Å². The molecule has 0 bridgehead atoms. The molecule has 2 aromatic heterocycles. The predicted molar refractivity (Wildman–Crippen MR) is 69.5 cm³/mol. The molecule has 0 aromatic carbocycles. The summed E-state index contributed by atoms with van der Waals surface area (Å²) in [5.41, 5.74) is 5.12. The summed E-state index contributed by atoms with van der Waals surface area (Å²) in [6.45, 7) is 1.88. The number of nitrogens with one attached hydrogen (secondary N) is 1. The lowest BCUT2D eigenvalue weighted by Gasteiger charge is -2.14. The Balaban J connectivity index is 2.01. The predicted octanol–water partition coefficient (Wildman–Crippen LogP) is 1.98. The molecule has 17 heavy (non-hydrogen) atoms. The van der Waals surface area contributed by atoms with Crippen LogP contribution in [0.2, 0.25) is 0 Å². The van der Waals surface area contributed by atoms with Gasteiger partial charge in [0.25, 0.3) is 0 Å². The third-order valence-electron chi connectivity index (χ3n) is 2.66. The van der Waals surface area contributed by atoms with Crippen molar-refractivity contribution in [1.82, 2.24) is 15.4 Å². The summed E-state index contributed by atoms with van der Waals surface area (Å²) in [5.74, 6) is 6.36.